The third-order valence-corrected chi connectivity index (χ3v) is 2.80. The molecule has 2 aromatic heterocycles. The van der Waals surface area contributed by atoms with Crippen molar-refractivity contribution in [3.63, 3.8) is 0 Å². The van der Waals surface area contributed by atoms with Crippen molar-refractivity contribution in [2.75, 3.05) is 6.61 Å². The molecular formula is C16H16N2O3. The van der Waals surface area contributed by atoms with Crippen LogP contribution in [-0.4, -0.2) is 22.6 Å². The number of amides is 1. The lowest BCUT2D eigenvalue weighted by atomic mass is 10.1. The van der Waals surface area contributed by atoms with E-state index in [1.54, 1.807) is 36.7 Å². The van der Waals surface area contributed by atoms with Gasteiger partial charge < -0.3 is 14.8 Å². The Hall–Kier alpha value is -2.58. The van der Waals surface area contributed by atoms with Gasteiger partial charge in [-0.3, -0.25) is 4.79 Å². The normalized spacial score (nSPS) is 11.3. The van der Waals surface area contributed by atoms with E-state index in [0.717, 1.165) is 0 Å². The summed E-state index contributed by atoms with van der Waals surface area (Å²) >= 11 is 0. The van der Waals surface area contributed by atoms with E-state index >= 15 is 0 Å². The van der Waals surface area contributed by atoms with E-state index in [2.05, 4.69) is 22.1 Å². The van der Waals surface area contributed by atoms with Crippen molar-refractivity contribution in [3.8, 4) is 11.8 Å². The summed E-state index contributed by atoms with van der Waals surface area (Å²) < 4.78 is 5.25. The molecule has 0 aliphatic rings. The minimum atomic E-state index is -0.312. The minimum absolute atomic E-state index is 0.00960. The quantitative estimate of drug-likeness (QED) is 0.841. The lowest BCUT2D eigenvalue weighted by molar-refractivity contribution is 0.0930. The van der Waals surface area contributed by atoms with Crippen LogP contribution in [0.5, 0.6) is 0 Å². The number of aromatic nitrogens is 1. The molecule has 2 N–H and O–H groups in total. The van der Waals surface area contributed by atoms with E-state index in [1.165, 1.54) is 0 Å². The molecule has 5 nitrogen and oxygen atoms in total. The largest absolute Gasteiger partial charge is 0.467 e. The summed E-state index contributed by atoms with van der Waals surface area (Å²) in [4.78, 5) is 16.4. The van der Waals surface area contributed by atoms with Gasteiger partial charge in [-0.2, -0.15) is 0 Å². The van der Waals surface area contributed by atoms with Crippen molar-refractivity contribution >= 4 is 5.91 Å². The predicted octanol–water partition coefficient (Wildman–Crippen LogP) is 1.90. The van der Waals surface area contributed by atoms with Crippen molar-refractivity contribution in [1.29, 1.82) is 0 Å². The Kier molecular flexibility index (Phi) is 5.13. The van der Waals surface area contributed by atoms with Gasteiger partial charge in [0.25, 0.3) is 5.91 Å². The van der Waals surface area contributed by atoms with Gasteiger partial charge in [0.15, 0.2) is 0 Å². The average Bonchev–Trinajstić information content (AvgIpc) is 3.02. The summed E-state index contributed by atoms with van der Waals surface area (Å²) in [7, 11) is 0. The molecule has 0 aliphatic carbocycles. The molecule has 2 rings (SSSR count). The third kappa shape index (κ3) is 3.94. The standard InChI is InChI=1S/C16H16N2O3/c1-12(14-8-5-11-21-14)18-16(20)15-13(6-2-3-10-19)7-4-9-17-15/h4-5,7-9,11-12,19H,3,10H2,1H3,(H,18,20). The fourth-order valence-electron chi connectivity index (χ4n) is 1.77. The van der Waals surface area contributed by atoms with E-state index in [0.29, 0.717) is 17.7 Å². The molecule has 2 aromatic rings. The average molecular weight is 284 g/mol. The van der Waals surface area contributed by atoms with Crippen molar-refractivity contribution in [3.05, 3.63) is 53.7 Å². The number of aliphatic hydroxyl groups is 1. The fraction of sp³-hybridized carbons (Fsp3) is 0.250. The van der Waals surface area contributed by atoms with Gasteiger partial charge in [-0.15, -0.1) is 0 Å². The van der Waals surface area contributed by atoms with Crippen LogP contribution in [0.2, 0.25) is 0 Å². The molecule has 0 spiro atoms. The zero-order chi connectivity index (χ0) is 15.1. The molecule has 0 radical (unpaired) electrons. The minimum Gasteiger partial charge on any atom is -0.467 e. The summed E-state index contributed by atoms with van der Waals surface area (Å²) in [6, 6.07) is 6.75. The van der Waals surface area contributed by atoms with Crippen LogP contribution in [0.15, 0.2) is 41.1 Å². The summed E-state index contributed by atoms with van der Waals surface area (Å²) in [6.07, 6.45) is 3.47. The maximum absolute atomic E-state index is 12.3. The molecule has 2 heterocycles. The molecule has 0 aliphatic heterocycles. The summed E-state index contributed by atoms with van der Waals surface area (Å²) in [5, 5.41) is 11.6. The number of hydrogen-bond acceptors (Lipinski definition) is 4. The zero-order valence-electron chi connectivity index (χ0n) is 11.7. The van der Waals surface area contributed by atoms with Gasteiger partial charge in [-0.05, 0) is 31.2 Å². The van der Waals surface area contributed by atoms with Crippen molar-refractivity contribution in [1.82, 2.24) is 10.3 Å². The lowest BCUT2D eigenvalue weighted by Gasteiger charge is -2.11. The summed E-state index contributed by atoms with van der Waals surface area (Å²) in [6.45, 7) is 1.82. The molecule has 0 aromatic carbocycles. The zero-order valence-corrected chi connectivity index (χ0v) is 11.7. The van der Waals surface area contributed by atoms with Crippen LogP contribution in [0.4, 0.5) is 0 Å². The molecule has 0 fully saturated rings. The molecule has 5 heteroatoms. The number of nitrogens with zero attached hydrogens (tertiary/aromatic N) is 1. The number of hydrogen-bond donors (Lipinski definition) is 2. The van der Waals surface area contributed by atoms with Gasteiger partial charge in [0, 0.05) is 12.6 Å². The Morgan fingerprint density at radius 3 is 3.05 bits per heavy atom. The molecule has 108 valence electrons. The Bertz CT molecular complexity index is 654. The second kappa shape index (κ2) is 7.27. The van der Waals surface area contributed by atoms with Crippen LogP contribution >= 0.6 is 0 Å². The molecule has 1 unspecified atom stereocenters. The summed E-state index contributed by atoms with van der Waals surface area (Å²) in [5.41, 5.74) is 0.802. The van der Waals surface area contributed by atoms with E-state index in [-0.39, 0.29) is 24.2 Å². The number of rotatable bonds is 4. The molecule has 0 saturated carbocycles. The highest BCUT2D eigenvalue weighted by atomic mass is 16.3. The van der Waals surface area contributed by atoms with Gasteiger partial charge in [-0.1, -0.05) is 11.8 Å². The van der Waals surface area contributed by atoms with Crippen molar-refractivity contribution in [2.24, 2.45) is 0 Å². The van der Waals surface area contributed by atoms with E-state index in [4.69, 9.17) is 9.52 Å². The highest BCUT2D eigenvalue weighted by Gasteiger charge is 2.16. The van der Waals surface area contributed by atoms with Crippen LogP contribution < -0.4 is 5.32 Å². The van der Waals surface area contributed by atoms with E-state index in [9.17, 15) is 4.79 Å². The van der Waals surface area contributed by atoms with Crippen molar-refractivity contribution in [2.45, 2.75) is 19.4 Å². The van der Waals surface area contributed by atoms with E-state index in [1.807, 2.05) is 6.92 Å². The number of furan rings is 1. The maximum atomic E-state index is 12.3. The summed E-state index contributed by atoms with van der Waals surface area (Å²) in [5.74, 6) is 6.00. The monoisotopic (exact) mass is 284 g/mol. The molecule has 1 atom stereocenters. The predicted molar refractivity (Wildman–Crippen MR) is 77.4 cm³/mol. The Morgan fingerprint density at radius 1 is 1.48 bits per heavy atom. The first-order valence-corrected chi connectivity index (χ1v) is 6.61. The number of carbonyl (C=O) groups is 1. The topological polar surface area (TPSA) is 75.4 Å². The molecule has 0 saturated heterocycles. The van der Waals surface area contributed by atoms with Crippen LogP contribution in [0.25, 0.3) is 0 Å². The first kappa shape index (κ1) is 14.8. The second-order valence-corrected chi connectivity index (χ2v) is 4.39. The molecular weight excluding hydrogens is 268 g/mol. The highest BCUT2D eigenvalue weighted by Crippen LogP contribution is 2.13. The maximum Gasteiger partial charge on any atom is 0.271 e. The van der Waals surface area contributed by atoms with Crippen LogP contribution in [0, 0.1) is 11.8 Å². The number of nitrogens with one attached hydrogen (secondary N) is 1. The molecule has 0 bridgehead atoms. The number of pyridine rings is 1. The van der Waals surface area contributed by atoms with Crippen LogP contribution in [0.3, 0.4) is 0 Å². The van der Waals surface area contributed by atoms with Gasteiger partial charge in [0.05, 0.1) is 24.5 Å². The Labute approximate surface area is 123 Å². The van der Waals surface area contributed by atoms with Crippen molar-refractivity contribution < 1.29 is 14.3 Å². The molecule has 1 amide bonds. The number of aliphatic hydroxyl groups excluding tert-OH is 1. The number of carbonyl (C=O) groups excluding carboxylic acids is 1. The van der Waals surface area contributed by atoms with Gasteiger partial charge >= 0.3 is 0 Å². The Morgan fingerprint density at radius 2 is 2.33 bits per heavy atom. The SMILES string of the molecule is CC(NC(=O)c1ncccc1C#CCCO)c1ccco1. The second-order valence-electron chi connectivity index (χ2n) is 4.39. The van der Waals surface area contributed by atoms with Gasteiger partial charge in [-0.25, -0.2) is 4.98 Å². The molecule has 21 heavy (non-hydrogen) atoms. The van der Waals surface area contributed by atoms with Gasteiger partial charge in [0.1, 0.15) is 11.5 Å². The first-order chi connectivity index (χ1) is 10.2. The van der Waals surface area contributed by atoms with Crippen LogP contribution in [-0.2, 0) is 0 Å². The highest BCUT2D eigenvalue weighted by molar-refractivity contribution is 5.94. The van der Waals surface area contributed by atoms with Gasteiger partial charge in [0.2, 0.25) is 0 Å². The smallest absolute Gasteiger partial charge is 0.271 e. The lowest BCUT2D eigenvalue weighted by Crippen LogP contribution is -2.27. The third-order valence-electron chi connectivity index (χ3n) is 2.80. The first-order valence-electron chi connectivity index (χ1n) is 6.61. The fourth-order valence-corrected chi connectivity index (χ4v) is 1.77. The van der Waals surface area contributed by atoms with Crippen LogP contribution in [0.1, 0.15) is 41.2 Å². The van der Waals surface area contributed by atoms with E-state index < -0.39 is 0 Å². The Balaban J connectivity index is 2.14.